The maximum Gasteiger partial charge on any atom is 0.295 e. The molecule has 0 unspecified atom stereocenters. The molecule has 1 N–H and O–H groups in total. The van der Waals surface area contributed by atoms with Gasteiger partial charge in [0.05, 0.1) is 5.69 Å². The second kappa shape index (κ2) is 2.33. The van der Waals surface area contributed by atoms with Crippen molar-refractivity contribution in [1.29, 1.82) is 0 Å². The zero-order valence-corrected chi connectivity index (χ0v) is 6.87. The fraction of sp³-hybridized carbons (Fsp3) is 0.500. The molecule has 2 rings (SSSR count). The summed E-state index contributed by atoms with van der Waals surface area (Å²) in [4.78, 5) is 15.5. The van der Waals surface area contributed by atoms with E-state index in [2.05, 4.69) is 4.98 Å². The summed E-state index contributed by atoms with van der Waals surface area (Å²) in [5.41, 5.74) is 0.142. The number of fused-ring (bicyclic) bond motifs is 1. The molecule has 2 heterocycles. The number of aromatic hydroxyl groups is 1. The van der Waals surface area contributed by atoms with Gasteiger partial charge in [0, 0.05) is 13.0 Å². The third-order valence-corrected chi connectivity index (χ3v) is 2.18. The zero-order valence-electron chi connectivity index (χ0n) is 6.87. The molecule has 1 aliphatic rings. The van der Waals surface area contributed by atoms with E-state index in [1.165, 1.54) is 0 Å². The Kier molecular flexibility index (Phi) is 1.43. The zero-order chi connectivity index (χ0) is 8.72. The number of aromatic nitrogens is 2. The van der Waals surface area contributed by atoms with E-state index in [0.717, 1.165) is 18.7 Å². The topological polar surface area (TPSA) is 55.1 Å². The van der Waals surface area contributed by atoms with Gasteiger partial charge in [0.1, 0.15) is 5.82 Å². The van der Waals surface area contributed by atoms with Gasteiger partial charge in [-0.3, -0.25) is 9.36 Å². The van der Waals surface area contributed by atoms with Gasteiger partial charge in [-0.1, -0.05) is 0 Å². The molecule has 0 aliphatic carbocycles. The van der Waals surface area contributed by atoms with Crippen LogP contribution in [0.3, 0.4) is 0 Å². The first-order valence-corrected chi connectivity index (χ1v) is 3.99. The Hall–Kier alpha value is -1.32. The van der Waals surface area contributed by atoms with Crippen molar-refractivity contribution in [3.63, 3.8) is 0 Å². The molecule has 12 heavy (non-hydrogen) atoms. The number of hydrogen-bond acceptors (Lipinski definition) is 3. The van der Waals surface area contributed by atoms with Gasteiger partial charge in [-0.15, -0.1) is 0 Å². The first kappa shape index (κ1) is 7.34. The van der Waals surface area contributed by atoms with Crippen LogP contribution in [0.15, 0.2) is 4.79 Å². The second-order valence-corrected chi connectivity index (χ2v) is 3.02. The van der Waals surface area contributed by atoms with E-state index in [1.54, 1.807) is 11.5 Å². The largest absolute Gasteiger partial charge is 0.502 e. The molecular formula is C8H10N2O2. The highest BCUT2D eigenvalue weighted by Gasteiger charge is 2.16. The summed E-state index contributed by atoms with van der Waals surface area (Å²) >= 11 is 0. The van der Waals surface area contributed by atoms with Crippen molar-refractivity contribution in [3.8, 4) is 5.75 Å². The third-order valence-electron chi connectivity index (χ3n) is 2.18. The molecule has 1 aromatic rings. The summed E-state index contributed by atoms with van der Waals surface area (Å²) in [6.45, 7) is 2.34. The molecule has 1 aliphatic heterocycles. The van der Waals surface area contributed by atoms with E-state index >= 15 is 0 Å². The monoisotopic (exact) mass is 166 g/mol. The summed E-state index contributed by atoms with van der Waals surface area (Å²) in [5.74, 6) is 0.593. The van der Waals surface area contributed by atoms with Crippen LogP contribution in [0, 0.1) is 6.92 Å². The maximum atomic E-state index is 11.4. The predicted octanol–water partition coefficient (Wildman–Crippen LogP) is 0.204. The quantitative estimate of drug-likeness (QED) is 0.599. The molecule has 0 spiro atoms. The molecule has 0 saturated heterocycles. The van der Waals surface area contributed by atoms with E-state index in [-0.39, 0.29) is 11.3 Å². The summed E-state index contributed by atoms with van der Waals surface area (Å²) in [6, 6.07) is 0. The Morgan fingerprint density at radius 1 is 1.58 bits per heavy atom. The van der Waals surface area contributed by atoms with Gasteiger partial charge >= 0.3 is 0 Å². The van der Waals surface area contributed by atoms with Gasteiger partial charge in [-0.05, 0) is 13.3 Å². The Morgan fingerprint density at radius 2 is 2.33 bits per heavy atom. The van der Waals surface area contributed by atoms with E-state index in [0.29, 0.717) is 12.2 Å². The normalized spacial score (nSPS) is 14.8. The van der Waals surface area contributed by atoms with Crippen LogP contribution in [0.4, 0.5) is 0 Å². The van der Waals surface area contributed by atoms with Crippen molar-refractivity contribution in [3.05, 3.63) is 21.9 Å². The standard InChI is InChI=1S/C8H10N2O2/c1-5-7(11)8(12)10-4-2-3-6(10)9-5/h11H,2-4H2,1H3. The number of hydrogen-bond donors (Lipinski definition) is 1. The molecule has 0 fully saturated rings. The Labute approximate surface area is 69.5 Å². The third kappa shape index (κ3) is 0.841. The smallest absolute Gasteiger partial charge is 0.295 e. The van der Waals surface area contributed by atoms with Crippen LogP contribution in [0.25, 0.3) is 0 Å². The first-order valence-electron chi connectivity index (χ1n) is 3.99. The van der Waals surface area contributed by atoms with Crippen molar-refractivity contribution in [2.24, 2.45) is 0 Å². The minimum absolute atomic E-state index is 0.208. The molecule has 4 heteroatoms. The Morgan fingerprint density at radius 3 is 3.08 bits per heavy atom. The predicted molar refractivity (Wildman–Crippen MR) is 43.2 cm³/mol. The SMILES string of the molecule is Cc1nc2n(c(=O)c1O)CCC2. The van der Waals surface area contributed by atoms with E-state index in [1.807, 2.05) is 0 Å². The molecule has 1 aromatic heterocycles. The molecule has 0 saturated carbocycles. The van der Waals surface area contributed by atoms with Crippen LogP contribution in [0.2, 0.25) is 0 Å². The second-order valence-electron chi connectivity index (χ2n) is 3.02. The Balaban J connectivity index is 2.76. The molecular weight excluding hydrogens is 156 g/mol. The van der Waals surface area contributed by atoms with Crippen molar-refractivity contribution < 1.29 is 5.11 Å². The van der Waals surface area contributed by atoms with Crippen LogP contribution >= 0.6 is 0 Å². The van der Waals surface area contributed by atoms with Gasteiger partial charge < -0.3 is 5.11 Å². The highest BCUT2D eigenvalue weighted by atomic mass is 16.3. The lowest BCUT2D eigenvalue weighted by Gasteiger charge is -2.03. The van der Waals surface area contributed by atoms with Gasteiger partial charge in [-0.2, -0.15) is 0 Å². The van der Waals surface area contributed by atoms with E-state index in [9.17, 15) is 9.90 Å². The van der Waals surface area contributed by atoms with E-state index < -0.39 is 0 Å². The number of aryl methyl sites for hydroxylation is 2. The molecule has 0 amide bonds. The number of nitrogens with zero attached hydrogens (tertiary/aromatic N) is 2. The van der Waals surface area contributed by atoms with Crippen LogP contribution in [0.5, 0.6) is 5.75 Å². The minimum atomic E-state index is -0.296. The average molecular weight is 166 g/mol. The summed E-state index contributed by atoms with van der Waals surface area (Å²) in [5, 5.41) is 9.27. The maximum absolute atomic E-state index is 11.4. The van der Waals surface area contributed by atoms with Crippen LogP contribution in [0.1, 0.15) is 17.9 Å². The van der Waals surface area contributed by atoms with Crippen molar-refractivity contribution >= 4 is 0 Å². The van der Waals surface area contributed by atoms with Crippen LogP contribution < -0.4 is 5.56 Å². The van der Waals surface area contributed by atoms with Crippen molar-refractivity contribution in [2.75, 3.05) is 0 Å². The lowest BCUT2D eigenvalue weighted by Crippen LogP contribution is -2.21. The highest BCUT2D eigenvalue weighted by Crippen LogP contribution is 2.14. The molecule has 0 bridgehead atoms. The van der Waals surface area contributed by atoms with Gasteiger partial charge in [0.2, 0.25) is 5.75 Å². The van der Waals surface area contributed by atoms with Gasteiger partial charge in [-0.25, -0.2) is 4.98 Å². The van der Waals surface area contributed by atoms with E-state index in [4.69, 9.17) is 0 Å². The molecule has 4 nitrogen and oxygen atoms in total. The lowest BCUT2D eigenvalue weighted by molar-refractivity contribution is 0.448. The van der Waals surface area contributed by atoms with Crippen LogP contribution in [-0.4, -0.2) is 14.7 Å². The van der Waals surface area contributed by atoms with Crippen molar-refractivity contribution in [1.82, 2.24) is 9.55 Å². The first-order chi connectivity index (χ1) is 5.70. The fourth-order valence-corrected chi connectivity index (χ4v) is 1.52. The molecule has 0 aromatic carbocycles. The van der Waals surface area contributed by atoms with Crippen molar-refractivity contribution in [2.45, 2.75) is 26.3 Å². The van der Waals surface area contributed by atoms with Gasteiger partial charge in [0.15, 0.2) is 0 Å². The average Bonchev–Trinajstić information content (AvgIpc) is 2.48. The highest BCUT2D eigenvalue weighted by molar-refractivity contribution is 5.23. The molecule has 0 radical (unpaired) electrons. The molecule has 0 atom stereocenters. The molecule has 64 valence electrons. The fourth-order valence-electron chi connectivity index (χ4n) is 1.52. The summed E-state index contributed by atoms with van der Waals surface area (Å²) in [6.07, 6.45) is 1.79. The van der Waals surface area contributed by atoms with Gasteiger partial charge in [0.25, 0.3) is 5.56 Å². The number of rotatable bonds is 0. The minimum Gasteiger partial charge on any atom is -0.502 e. The lowest BCUT2D eigenvalue weighted by atomic mass is 10.3. The summed E-state index contributed by atoms with van der Waals surface area (Å²) in [7, 11) is 0. The Bertz CT molecular complexity index is 381. The van der Waals surface area contributed by atoms with Crippen LogP contribution in [-0.2, 0) is 13.0 Å². The summed E-state index contributed by atoms with van der Waals surface area (Å²) < 4.78 is 1.54.